The van der Waals surface area contributed by atoms with Crippen LogP contribution in [0.3, 0.4) is 0 Å². The molecule has 1 aromatic heterocycles. The molecular formula is C11H17N5O. The van der Waals surface area contributed by atoms with Gasteiger partial charge in [0.1, 0.15) is 17.5 Å². The molecule has 3 heterocycles. The number of ether oxygens (including phenoxy) is 1. The number of nitrogen functional groups attached to an aromatic ring is 1. The Morgan fingerprint density at radius 2 is 2.18 bits per heavy atom. The number of aryl methyl sites for hydroxylation is 1. The van der Waals surface area contributed by atoms with Crippen molar-refractivity contribution in [2.45, 2.75) is 44.4 Å². The first-order valence-electron chi connectivity index (χ1n) is 5.99. The van der Waals surface area contributed by atoms with Crippen molar-refractivity contribution in [2.24, 2.45) is 5.84 Å². The lowest BCUT2D eigenvalue weighted by Gasteiger charge is -2.20. The van der Waals surface area contributed by atoms with E-state index in [-0.39, 0.29) is 0 Å². The zero-order valence-electron chi connectivity index (χ0n) is 9.81. The van der Waals surface area contributed by atoms with Crippen LogP contribution in [0.15, 0.2) is 6.07 Å². The minimum atomic E-state index is 0.338. The van der Waals surface area contributed by atoms with Crippen molar-refractivity contribution in [2.75, 3.05) is 10.7 Å². The number of rotatable bonds is 3. The molecule has 2 bridgehead atoms. The van der Waals surface area contributed by atoms with E-state index in [1.165, 1.54) is 6.42 Å². The summed E-state index contributed by atoms with van der Waals surface area (Å²) in [5.41, 5.74) is 2.54. The van der Waals surface area contributed by atoms with Crippen LogP contribution in [0.4, 0.5) is 11.6 Å². The highest BCUT2D eigenvalue weighted by Gasteiger charge is 2.40. The third-order valence-corrected chi connectivity index (χ3v) is 3.43. The second-order valence-corrected chi connectivity index (χ2v) is 4.69. The second-order valence-electron chi connectivity index (χ2n) is 4.69. The zero-order valence-corrected chi connectivity index (χ0v) is 9.81. The van der Waals surface area contributed by atoms with Crippen molar-refractivity contribution in [3.63, 3.8) is 0 Å². The molecule has 1 aromatic rings. The highest BCUT2D eigenvalue weighted by Crippen LogP contribution is 2.35. The normalized spacial score (nSPS) is 30.6. The topological polar surface area (TPSA) is 85.1 Å². The SMILES string of the molecule is Cc1nc(NN)cc(NC2CC3CCC2O3)n1. The summed E-state index contributed by atoms with van der Waals surface area (Å²) in [7, 11) is 0. The fraction of sp³-hybridized carbons (Fsp3) is 0.636. The van der Waals surface area contributed by atoms with E-state index in [9.17, 15) is 0 Å². The number of nitrogens with one attached hydrogen (secondary N) is 2. The lowest BCUT2D eigenvalue weighted by Crippen LogP contribution is -2.31. The molecule has 2 saturated heterocycles. The molecule has 0 aromatic carbocycles. The first-order chi connectivity index (χ1) is 8.24. The van der Waals surface area contributed by atoms with Gasteiger partial charge < -0.3 is 15.5 Å². The number of nitrogens with two attached hydrogens (primary N) is 1. The van der Waals surface area contributed by atoms with Gasteiger partial charge in [0.05, 0.1) is 18.2 Å². The van der Waals surface area contributed by atoms with Gasteiger partial charge in [0.2, 0.25) is 0 Å². The predicted molar refractivity (Wildman–Crippen MR) is 64.5 cm³/mol. The van der Waals surface area contributed by atoms with Crippen molar-refractivity contribution in [3.8, 4) is 0 Å². The van der Waals surface area contributed by atoms with Gasteiger partial charge in [-0.2, -0.15) is 0 Å². The Labute approximate surface area is 99.9 Å². The van der Waals surface area contributed by atoms with E-state index in [0.717, 1.165) is 18.7 Å². The van der Waals surface area contributed by atoms with Crippen molar-refractivity contribution in [1.82, 2.24) is 9.97 Å². The number of fused-ring (bicyclic) bond motifs is 2. The number of nitrogens with zero attached hydrogens (tertiary/aromatic N) is 2. The molecule has 0 aliphatic carbocycles. The number of hydrazine groups is 1. The molecule has 6 heteroatoms. The first-order valence-corrected chi connectivity index (χ1v) is 5.99. The van der Waals surface area contributed by atoms with Crippen molar-refractivity contribution < 1.29 is 4.74 Å². The molecule has 92 valence electrons. The summed E-state index contributed by atoms with van der Waals surface area (Å²) in [5, 5.41) is 3.42. The molecule has 2 aliphatic rings. The number of aromatic nitrogens is 2. The molecule has 0 saturated carbocycles. The van der Waals surface area contributed by atoms with Crippen LogP contribution in [-0.4, -0.2) is 28.2 Å². The van der Waals surface area contributed by atoms with E-state index in [1.54, 1.807) is 0 Å². The Balaban J connectivity index is 1.74. The van der Waals surface area contributed by atoms with E-state index in [4.69, 9.17) is 10.6 Å². The molecule has 17 heavy (non-hydrogen) atoms. The molecule has 3 atom stereocenters. The highest BCUT2D eigenvalue weighted by atomic mass is 16.5. The Bertz CT molecular complexity index is 424. The smallest absolute Gasteiger partial charge is 0.145 e. The number of hydrogen-bond donors (Lipinski definition) is 3. The van der Waals surface area contributed by atoms with Crippen LogP contribution in [0, 0.1) is 6.92 Å². The van der Waals surface area contributed by atoms with Crippen LogP contribution in [0.2, 0.25) is 0 Å². The average Bonchev–Trinajstić information content (AvgIpc) is 2.90. The van der Waals surface area contributed by atoms with Gasteiger partial charge in [-0.3, -0.25) is 0 Å². The molecule has 0 spiro atoms. The molecule has 6 nitrogen and oxygen atoms in total. The van der Waals surface area contributed by atoms with E-state index in [1.807, 2.05) is 13.0 Å². The van der Waals surface area contributed by atoms with E-state index in [2.05, 4.69) is 20.7 Å². The van der Waals surface area contributed by atoms with E-state index >= 15 is 0 Å². The fourth-order valence-corrected chi connectivity index (χ4v) is 2.70. The molecular weight excluding hydrogens is 218 g/mol. The van der Waals surface area contributed by atoms with Crippen LogP contribution in [0.1, 0.15) is 25.1 Å². The molecule has 2 aliphatic heterocycles. The minimum absolute atomic E-state index is 0.338. The van der Waals surface area contributed by atoms with Gasteiger partial charge in [-0.15, -0.1) is 0 Å². The van der Waals surface area contributed by atoms with Gasteiger partial charge in [-0.05, 0) is 26.2 Å². The Morgan fingerprint density at radius 1 is 1.35 bits per heavy atom. The maximum absolute atomic E-state index is 5.80. The summed E-state index contributed by atoms with van der Waals surface area (Å²) in [6.07, 6.45) is 4.19. The van der Waals surface area contributed by atoms with E-state index in [0.29, 0.717) is 29.9 Å². The summed E-state index contributed by atoms with van der Waals surface area (Å²) in [4.78, 5) is 8.51. The Morgan fingerprint density at radius 3 is 2.82 bits per heavy atom. The van der Waals surface area contributed by atoms with Crippen molar-refractivity contribution >= 4 is 11.6 Å². The predicted octanol–water partition coefficient (Wildman–Crippen LogP) is 0.802. The summed E-state index contributed by atoms with van der Waals surface area (Å²) in [5.74, 6) is 7.50. The van der Waals surface area contributed by atoms with Gasteiger partial charge in [0, 0.05) is 6.07 Å². The third-order valence-electron chi connectivity index (χ3n) is 3.43. The molecule has 3 rings (SSSR count). The summed E-state index contributed by atoms with van der Waals surface area (Å²) >= 11 is 0. The van der Waals surface area contributed by atoms with Gasteiger partial charge in [0.25, 0.3) is 0 Å². The number of anilines is 2. The quantitative estimate of drug-likeness (QED) is 0.531. The third kappa shape index (κ3) is 2.05. The van der Waals surface area contributed by atoms with E-state index < -0.39 is 0 Å². The zero-order chi connectivity index (χ0) is 11.8. The number of hydrogen-bond acceptors (Lipinski definition) is 6. The van der Waals surface area contributed by atoms with Crippen LogP contribution in [-0.2, 0) is 4.74 Å². The van der Waals surface area contributed by atoms with Gasteiger partial charge in [-0.25, -0.2) is 15.8 Å². The molecule has 0 radical (unpaired) electrons. The highest BCUT2D eigenvalue weighted by molar-refractivity contribution is 5.47. The standard InChI is InChI=1S/C11H17N5O/c1-6-13-10(5-11(14-6)16-12)15-8-4-7-2-3-9(8)17-7/h5,7-9H,2-4,12H2,1H3,(H2,13,14,15,16). The van der Waals surface area contributed by atoms with Gasteiger partial charge >= 0.3 is 0 Å². The monoisotopic (exact) mass is 235 g/mol. The van der Waals surface area contributed by atoms with Gasteiger partial charge in [-0.1, -0.05) is 0 Å². The lowest BCUT2D eigenvalue weighted by atomic mass is 9.95. The van der Waals surface area contributed by atoms with Gasteiger partial charge in [0.15, 0.2) is 0 Å². The molecule has 0 amide bonds. The second kappa shape index (κ2) is 4.12. The fourth-order valence-electron chi connectivity index (χ4n) is 2.70. The molecule has 2 fully saturated rings. The average molecular weight is 235 g/mol. The maximum atomic E-state index is 5.80. The van der Waals surface area contributed by atoms with Crippen molar-refractivity contribution in [1.29, 1.82) is 0 Å². The molecule has 3 unspecified atom stereocenters. The minimum Gasteiger partial charge on any atom is -0.373 e. The maximum Gasteiger partial charge on any atom is 0.145 e. The lowest BCUT2D eigenvalue weighted by molar-refractivity contribution is 0.102. The van der Waals surface area contributed by atoms with Crippen LogP contribution >= 0.6 is 0 Å². The van der Waals surface area contributed by atoms with Crippen LogP contribution in [0.25, 0.3) is 0 Å². The summed E-state index contributed by atoms with van der Waals surface area (Å²) in [6.45, 7) is 1.85. The summed E-state index contributed by atoms with van der Waals surface area (Å²) in [6, 6.07) is 2.19. The summed E-state index contributed by atoms with van der Waals surface area (Å²) < 4.78 is 5.80. The first kappa shape index (κ1) is 10.7. The van der Waals surface area contributed by atoms with Crippen LogP contribution < -0.4 is 16.6 Å². The van der Waals surface area contributed by atoms with Crippen molar-refractivity contribution in [3.05, 3.63) is 11.9 Å². The van der Waals surface area contributed by atoms with Crippen LogP contribution in [0.5, 0.6) is 0 Å². The molecule has 4 N–H and O–H groups in total. The Kier molecular flexibility index (Phi) is 2.60. The largest absolute Gasteiger partial charge is 0.373 e. The Hall–Kier alpha value is -1.40.